The summed E-state index contributed by atoms with van der Waals surface area (Å²) in [4.78, 5) is 11.6. The lowest BCUT2D eigenvalue weighted by Gasteiger charge is -2.32. The second-order valence-electron chi connectivity index (χ2n) is 4.93. The molecule has 7 nitrogen and oxygen atoms in total. The Hall–Kier alpha value is -0.810. The maximum absolute atomic E-state index is 4.69. The molecule has 4 rings (SSSR count). The molecule has 0 amide bonds. The third kappa shape index (κ3) is 2.11. The Labute approximate surface area is 132 Å². The third-order valence-electron chi connectivity index (χ3n) is 3.76. The fourth-order valence-corrected chi connectivity index (χ4v) is 4.17. The molecule has 0 aliphatic carbocycles. The number of aromatic nitrogens is 4. The summed E-state index contributed by atoms with van der Waals surface area (Å²) in [5.41, 5.74) is 1.92. The van der Waals surface area contributed by atoms with Crippen LogP contribution in [0.1, 0.15) is 5.69 Å². The molecule has 1 fully saturated rings. The zero-order valence-corrected chi connectivity index (χ0v) is 13.7. The van der Waals surface area contributed by atoms with Crippen LogP contribution >= 0.6 is 30.3 Å². The highest BCUT2D eigenvalue weighted by Gasteiger charge is 2.23. The van der Waals surface area contributed by atoms with E-state index in [4.69, 9.17) is 4.98 Å². The smallest absolute Gasteiger partial charge is 0.229 e. The van der Waals surface area contributed by atoms with E-state index in [0.717, 1.165) is 67.6 Å². The normalized spacial score (nSPS) is 19.4. The number of nitrogens with one attached hydrogen (secondary N) is 2. The number of halogens is 1. The van der Waals surface area contributed by atoms with Gasteiger partial charge in [0.05, 0.1) is 11.1 Å². The molecule has 4 heterocycles. The van der Waals surface area contributed by atoms with Gasteiger partial charge in [0.2, 0.25) is 5.95 Å². The van der Waals surface area contributed by atoms with Crippen LogP contribution in [-0.2, 0) is 6.42 Å². The van der Waals surface area contributed by atoms with Crippen LogP contribution in [0.4, 0.5) is 11.8 Å². The van der Waals surface area contributed by atoms with Gasteiger partial charge in [0.25, 0.3) is 0 Å². The zero-order valence-electron chi connectivity index (χ0n) is 10.8. The summed E-state index contributed by atoms with van der Waals surface area (Å²) in [6.45, 7) is 4.88. The van der Waals surface area contributed by atoms with Crippen molar-refractivity contribution in [2.45, 2.75) is 6.42 Å². The van der Waals surface area contributed by atoms with Crippen molar-refractivity contribution in [3.63, 3.8) is 0 Å². The SMILES string of the molecule is ISN1CCN(c2nc3c4c([nH]nc4n2)CCN3)CC1. The van der Waals surface area contributed by atoms with Crippen molar-refractivity contribution in [3.05, 3.63) is 5.69 Å². The molecule has 2 N–H and O–H groups in total. The number of piperazine rings is 1. The number of rotatable bonds is 2. The van der Waals surface area contributed by atoms with Gasteiger partial charge in [-0.1, -0.05) is 0 Å². The van der Waals surface area contributed by atoms with Crippen LogP contribution in [0.5, 0.6) is 0 Å². The van der Waals surface area contributed by atoms with Crippen molar-refractivity contribution in [2.24, 2.45) is 0 Å². The molecule has 2 aliphatic rings. The van der Waals surface area contributed by atoms with E-state index in [1.165, 1.54) is 0 Å². The van der Waals surface area contributed by atoms with Crippen LogP contribution in [0.25, 0.3) is 11.0 Å². The number of anilines is 2. The fourth-order valence-electron chi connectivity index (χ4n) is 2.69. The zero-order chi connectivity index (χ0) is 13.5. The molecule has 0 aromatic carbocycles. The Balaban J connectivity index is 1.68. The highest BCUT2D eigenvalue weighted by atomic mass is 127. The monoisotopic (exact) mass is 403 g/mol. The van der Waals surface area contributed by atoms with E-state index in [1.54, 1.807) is 9.12 Å². The van der Waals surface area contributed by atoms with E-state index in [-0.39, 0.29) is 0 Å². The summed E-state index contributed by atoms with van der Waals surface area (Å²) in [7, 11) is 1.77. The minimum atomic E-state index is 0.776. The van der Waals surface area contributed by atoms with Gasteiger partial charge >= 0.3 is 0 Å². The number of aromatic amines is 1. The Morgan fingerprint density at radius 1 is 1.15 bits per heavy atom. The average Bonchev–Trinajstić information content (AvgIpc) is 2.92. The van der Waals surface area contributed by atoms with Gasteiger partial charge in [-0.15, -0.1) is 0 Å². The van der Waals surface area contributed by atoms with Crippen molar-refractivity contribution in [1.82, 2.24) is 24.5 Å². The highest BCUT2D eigenvalue weighted by molar-refractivity contribution is 14.2. The van der Waals surface area contributed by atoms with E-state index < -0.39 is 0 Å². The van der Waals surface area contributed by atoms with Gasteiger partial charge in [0.1, 0.15) is 5.82 Å². The lowest BCUT2D eigenvalue weighted by Crippen LogP contribution is -2.43. The van der Waals surface area contributed by atoms with Gasteiger partial charge in [-0.2, -0.15) is 15.1 Å². The first-order valence-electron chi connectivity index (χ1n) is 6.62. The van der Waals surface area contributed by atoms with E-state index in [2.05, 4.69) is 50.9 Å². The van der Waals surface area contributed by atoms with E-state index >= 15 is 0 Å². The standard InChI is InChI=1S/C11H14IN7S/c12-20-19-5-3-18(4-6-19)11-14-9-8-7(1-2-13-9)16-17-10(8)15-11/h1-6H2,(H2,13,14,15,16,17). The lowest BCUT2D eigenvalue weighted by molar-refractivity contribution is 0.430. The van der Waals surface area contributed by atoms with Gasteiger partial charge in [0, 0.05) is 60.4 Å². The van der Waals surface area contributed by atoms with Crippen molar-refractivity contribution in [1.29, 1.82) is 0 Å². The van der Waals surface area contributed by atoms with Crippen LogP contribution in [0.15, 0.2) is 0 Å². The maximum atomic E-state index is 4.69. The van der Waals surface area contributed by atoms with Crippen LogP contribution in [0, 0.1) is 0 Å². The van der Waals surface area contributed by atoms with Crippen molar-refractivity contribution >= 4 is 53.1 Å². The van der Waals surface area contributed by atoms with Crippen LogP contribution in [0.3, 0.4) is 0 Å². The molecule has 1 saturated heterocycles. The second kappa shape index (κ2) is 5.19. The van der Waals surface area contributed by atoms with Crippen LogP contribution < -0.4 is 10.2 Å². The molecular weight excluding hydrogens is 389 g/mol. The number of hydrogen-bond acceptors (Lipinski definition) is 7. The Morgan fingerprint density at radius 2 is 2.00 bits per heavy atom. The van der Waals surface area contributed by atoms with Crippen molar-refractivity contribution in [3.8, 4) is 0 Å². The lowest BCUT2D eigenvalue weighted by atomic mass is 10.2. The van der Waals surface area contributed by atoms with Gasteiger partial charge in [0.15, 0.2) is 5.65 Å². The van der Waals surface area contributed by atoms with Gasteiger partial charge in [-0.05, 0) is 9.12 Å². The molecule has 0 saturated carbocycles. The predicted octanol–water partition coefficient (Wildman–Crippen LogP) is 1.44. The van der Waals surface area contributed by atoms with Gasteiger partial charge < -0.3 is 10.2 Å². The first kappa shape index (κ1) is 12.9. The fraction of sp³-hybridized carbons (Fsp3) is 0.545. The summed E-state index contributed by atoms with van der Waals surface area (Å²) in [5, 5.41) is 11.8. The van der Waals surface area contributed by atoms with Crippen molar-refractivity contribution in [2.75, 3.05) is 42.9 Å². The summed E-state index contributed by atoms with van der Waals surface area (Å²) >= 11 is 2.33. The van der Waals surface area contributed by atoms with E-state index in [0.29, 0.717) is 0 Å². The number of H-pyrrole nitrogens is 1. The largest absolute Gasteiger partial charge is 0.369 e. The number of hydrogen-bond donors (Lipinski definition) is 2. The molecule has 0 spiro atoms. The molecule has 2 aromatic heterocycles. The Morgan fingerprint density at radius 3 is 2.80 bits per heavy atom. The van der Waals surface area contributed by atoms with E-state index in [1.807, 2.05) is 0 Å². The second-order valence-corrected chi connectivity index (χ2v) is 6.77. The predicted molar refractivity (Wildman–Crippen MR) is 89.3 cm³/mol. The molecule has 2 aliphatic heterocycles. The molecular formula is C11H14IN7S. The van der Waals surface area contributed by atoms with Crippen molar-refractivity contribution < 1.29 is 0 Å². The average molecular weight is 403 g/mol. The van der Waals surface area contributed by atoms with Crippen LogP contribution in [-0.4, -0.2) is 57.2 Å². The summed E-state index contributed by atoms with van der Waals surface area (Å²) in [6, 6.07) is 0. The summed E-state index contributed by atoms with van der Waals surface area (Å²) in [5.74, 6) is 1.71. The van der Waals surface area contributed by atoms with Crippen LogP contribution in [0.2, 0.25) is 0 Å². The highest BCUT2D eigenvalue weighted by Crippen LogP contribution is 2.29. The topological polar surface area (TPSA) is 73.0 Å². The molecule has 0 atom stereocenters. The number of nitrogens with zero attached hydrogens (tertiary/aromatic N) is 5. The molecule has 2 aromatic rings. The Kier molecular flexibility index (Phi) is 3.34. The first-order chi connectivity index (χ1) is 9.85. The van der Waals surface area contributed by atoms with Gasteiger partial charge in [-0.25, -0.2) is 4.31 Å². The molecule has 0 bridgehead atoms. The molecule has 20 heavy (non-hydrogen) atoms. The quantitative estimate of drug-likeness (QED) is 0.581. The molecule has 106 valence electrons. The molecule has 0 unspecified atom stereocenters. The van der Waals surface area contributed by atoms with Gasteiger partial charge in [-0.3, -0.25) is 5.10 Å². The van der Waals surface area contributed by atoms with E-state index in [9.17, 15) is 0 Å². The maximum Gasteiger partial charge on any atom is 0.229 e. The first-order valence-corrected chi connectivity index (χ1v) is 9.94. The third-order valence-corrected chi connectivity index (χ3v) is 5.99. The summed E-state index contributed by atoms with van der Waals surface area (Å²) in [6.07, 6.45) is 0.956. The molecule has 9 heteroatoms. The summed E-state index contributed by atoms with van der Waals surface area (Å²) < 4.78 is 2.35. The minimum absolute atomic E-state index is 0.776. The Bertz CT molecular complexity index is 637. The minimum Gasteiger partial charge on any atom is -0.369 e. The molecule has 0 radical (unpaired) electrons.